The number of carbonyl (C=O) groups is 5. The van der Waals surface area contributed by atoms with Crippen molar-refractivity contribution in [2.45, 2.75) is 32.0 Å². The minimum atomic E-state index is -1.26. The van der Waals surface area contributed by atoms with Gasteiger partial charge < -0.3 is 42.0 Å². The van der Waals surface area contributed by atoms with E-state index in [0.29, 0.717) is 0 Å². The summed E-state index contributed by atoms with van der Waals surface area (Å²) in [6, 6.07) is -4.03. The van der Waals surface area contributed by atoms with Crippen LogP contribution in [0.5, 0.6) is 0 Å². The highest BCUT2D eigenvalue weighted by atomic mass is 16.5. The molecule has 0 saturated heterocycles. The molecule has 166 valence electrons. The van der Waals surface area contributed by atoms with Crippen LogP contribution in [0, 0.1) is 0 Å². The molecule has 0 aromatic heterocycles. The Balaban J connectivity index is 4.04. The van der Waals surface area contributed by atoms with Gasteiger partial charge in [-0.25, -0.2) is 9.59 Å². The maximum Gasteiger partial charge on any atom is 0.318 e. The summed E-state index contributed by atoms with van der Waals surface area (Å²) in [5, 5.41) is 18.4. The number of hydrogen-bond acceptors (Lipinski definition) is 8. The molecule has 14 heteroatoms. The van der Waals surface area contributed by atoms with E-state index in [2.05, 4.69) is 16.0 Å². The van der Waals surface area contributed by atoms with Gasteiger partial charge in [0.2, 0.25) is 11.8 Å². The number of primary amides is 2. The Hall–Kier alpha value is -2.97. The topological polar surface area (TPSA) is 224 Å². The predicted octanol–water partition coefficient (Wildman–Crippen LogP) is -3.75. The molecule has 3 atom stereocenters. The normalized spacial score (nSPS) is 13.5. The van der Waals surface area contributed by atoms with E-state index in [9.17, 15) is 29.1 Å². The fraction of sp³-hybridized carbons (Fsp3) is 0.667. The monoisotopic (exact) mass is 420 g/mol. The van der Waals surface area contributed by atoms with Gasteiger partial charge in [-0.1, -0.05) is 0 Å². The zero-order valence-electron chi connectivity index (χ0n) is 16.2. The van der Waals surface area contributed by atoms with Crippen molar-refractivity contribution in [1.29, 1.82) is 0 Å². The third kappa shape index (κ3) is 12.9. The van der Waals surface area contributed by atoms with Crippen molar-refractivity contribution in [2.24, 2.45) is 11.5 Å². The molecule has 0 rings (SSSR count). The van der Waals surface area contributed by atoms with E-state index in [1.54, 1.807) is 0 Å². The Morgan fingerprint density at radius 2 is 1.59 bits per heavy atom. The summed E-state index contributed by atoms with van der Waals surface area (Å²) >= 11 is 0. The number of aliphatic hydroxyl groups is 1. The van der Waals surface area contributed by atoms with Gasteiger partial charge in [0.1, 0.15) is 18.7 Å². The number of imide groups is 1. The number of aliphatic hydroxyl groups excluding tert-OH is 1. The Labute approximate surface area is 167 Å². The first-order valence-corrected chi connectivity index (χ1v) is 8.61. The van der Waals surface area contributed by atoms with Crippen LogP contribution >= 0.6 is 0 Å². The van der Waals surface area contributed by atoms with Crippen LogP contribution in [0.2, 0.25) is 0 Å². The molecule has 0 fully saturated rings. The lowest BCUT2D eigenvalue weighted by Crippen LogP contribution is -2.57. The van der Waals surface area contributed by atoms with E-state index in [1.807, 2.05) is 5.32 Å². The molecule has 3 unspecified atom stereocenters. The summed E-state index contributed by atoms with van der Waals surface area (Å²) in [5.41, 5.74) is 9.78. The molecule has 9 N–H and O–H groups in total. The maximum atomic E-state index is 12.1. The minimum absolute atomic E-state index is 0.0657. The first-order valence-electron chi connectivity index (χ1n) is 8.61. The van der Waals surface area contributed by atoms with Gasteiger partial charge in [-0.2, -0.15) is 0 Å². The second-order valence-electron chi connectivity index (χ2n) is 5.83. The summed E-state index contributed by atoms with van der Waals surface area (Å²) in [6.07, 6.45) is -1.20. The maximum absolute atomic E-state index is 12.1. The van der Waals surface area contributed by atoms with Crippen molar-refractivity contribution in [2.75, 3.05) is 33.0 Å². The van der Waals surface area contributed by atoms with Crippen molar-refractivity contribution in [3.8, 4) is 0 Å². The number of hydrogen-bond donors (Lipinski definition) is 7. The molecule has 29 heavy (non-hydrogen) atoms. The number of carbonyl (C=O) groups excluding carboxylic acids is 5. The van der Waals surface area contributed by atoms with E-state index in [-0.39, 0.29) is 33.0 Å². The number of rotatable bonds is 13. The highest BCUT2D eigenvalue weighted by molar-refractivity contribution is 5.94. The zero-order valence-corrected chi connectivity index (χ0v) is 16.2. The molecular weight excluding hydrogens is 392 g/mol. The second-order valence-corrected chi connectivity index (χ2v) is 5.83. The quantitative estimate of drug-likeness (QED) is 0.146. The highest BCUT2D eigenvalue weighted by Gasteiger charge is 2.26. The molecular formula is C15H28N6O8. The average Bonchev–Trinajstić information content (AvgIpc) is 2.60. The Morgan fingerprint density at radius 1 is 0.966 bits per heavy atom. The molecule has 0 aliphatic heterocycles. The average molecular weight is 420 g/mol. The number of nitrogens with one attached hydrogen (secondary N) is 4. The molecule has 0 spiro atoms. The van der Waals surface area contributed by atoms with E-state index < -0.39 is 48.0 Å². The van der Waals surface area contributed by atoms with E-state index in [0.717, 1.165) is 0 Å². The lowest BCUT2D eigenvalue weighted by molar-refractivity contribution is -0.126. The summed E-state index contributed by atoms with van der Waals surface area (Å²) in [6.45, 7) is 2.67. The van der Waals surface area contributed by atoms with Gasteiger partial charge in [-0.3, -0.25) is 19.7 Å². The van der Waals surface area contributed by atoms with Crippen molar-refractivity contribution < 1.29 is 38.6 Å². The van der Waals surface area contributed by atoms with E-state index in [4.69, 9.17) is 20.9 Å². The van der Waals surface area contributed by atoms with Gasteiger partial charge in [0, 0.05) is 6.54 Å². The fourth-order valence-corrected chi connectivity index (χ4v) is 1.77. The van der Waals surface area contributed by atoms with Crippen LogP contribution in [0.4, 0.5) is 9.59 Å². The van der Waals surface area contributed by atoms with Crippen LogP contribution in [0.3, 0.4) is 0 Å². The van der Waals surface area contributed by atoms with Gasteiger partial charge in [-0.05, 0) is 13.8 Å². The Kier molecular flexibility index (Phi) is 12.6. The molecule has 0 heterocycles. The number of ether oxygens (including phenoxy) is 2. The van der Waals surface area contributed by atoms with Crippen molar-refractivity contribution in [1.82, 2.24) is 21.3 Å². The lowest BCUT2D eigenvalue weighted by Gasteiger charge is -2.22. The van der Waals surface area contributed by atoms with Crippen molar-refractivity contribution >= 4 is 29.8 Å². The SMILES string of the molecule is CC(NC(=O)NC(C(=O)NCCOCCOCC(=O)NC(N)=O)C(C)O)C(N)=O. The van der Waals surface area contributed by atoms with Gasteiger partial charge in [0.15, 0.2) is 0 Å². The molecule has 0 bridgehead atoms. The van der Waals surface area contributed by atoms with Gasteiger partial charge in [0.05, 0.1) is 25.9 Å². The first-order chi connectivity index (χ1) is 13.5. The van der Waals surface area contributed by atoms with Gasteiger partial charge >= 0.3 is 12.1 Å². The second kappa shape index (κ2) is 14.1. The van der Waals surface area contributed by atoms with Crippen molar-refractivity contribution in [3.63, 3.8) is 0 Å². The number of nitrogens with two attached hydrogens (primary N) is 2. The van der Waals surface area contributed by atoms with Gasteiger partial charge in [0.25, 0.3) is 5.91 Å². The Morgan fingerprint density at radius 3 is 2.14 bits per heavy atom. The first kappa shape index (κ1) is 26.0. The van der Waals surface area contributed by atoms with Gasteiger partial charge in [-0.15, -0.1) is 0 Å². The van der Waals surface area contributed by atoms with Crippen LogP contribution in [0.25, 0.3) is 0 Å². The summed E-state index contributed by atoms with van der Waals surface area (Å²) in [4.78, 5) is 56.2. The largest absolute Gasteiger partial charge is 0.391 e. The zero-order chi connectivity index (χ0) is 22.4. The van der Waals surface area contributed by atoms with Crippen LogP contribution in [-0.2, 0) is 23.9 Å². The van der Waals surface area contributed by atoms with Crippen LogP contribution in [-0.4, -0.2) is 86.1 Å². The molecule has 0 aromatic rings. The van der Waals surface area contributed by atoms with Crippen LogP contribution in [0.1, 0.15) is 13.8 Å². The Bertz CT molecular complexity index is 585. The summed E-state index contributed by atoms with van der Waals surface area (Å²) in [5.74, 6) is -2.10. The van der Waals surface area contributed by atoms with E-state index in [1.165, 1.54) is 13.8 Å². The van der Waals surface area contributed by atoms with Crippen LogP contribution < -0.4 is 32.7 Å². The summed E-state index contributed by atoms with van der Waals surface area (Å²) < 4.78 is 10.1. The lowest BCUT2D eigenvalue weighted by atomic mass is 10.1. The minimum Gasteiger partial charge on any atom is -0.391 e. The molecule has 0 radical (unpaired) electrons. The third-order valence-electron chi connectivity index (χ3n) is 3.24. The molecule has 14 nitrogen and oxygen atoms in total. The molecule has 7 amide bonds. The summed E-state index contributed by atoms with van der Waals surface area (Å²) in [7, 11) is 0. The highest BCUT2D eigenvalue weighted by Crippen LogP contribution is 1.94. The van der Waals surface area contributed by atoms with Crippen molar-refractivity contribution in [3.05, 3.63) is 0 Å². The molecule has 0 aliphatic carbocycles. The van der Waals surface area contributed by atoms with Crippen LogP contribution in [0.15, 0.2) is 0 Å². The standard InChI is InChI=1S/C15H28N6O8/c1-8(12(16)24)19-15(27)21-11(9(2)22)13(25)18-3-4-28-5-6-29-7-10(23)20-14(17)26/h8-9,11,22H,3-7H2,1-2H3,(H2,16,24)(H,18,25)(H2,19,21,27)(H3,17,20,23,26). The predicted molar refractivity (Wildman–Crippen MR) is 98.2 cm³/mol. The fourth-order valence-electron chi connectivity index (χ4n) is 1.77. The van der Waals surface area contributed by atoms with E-state index >= 15 is 0 Å². The third-order valence-corrected chi connectivity index (χ3v) is 3.24. The number of amides is 7. The molecule has 0 aromatic carbocycles. The molecule has 0 aliphatic rings. The smallest absolute Gasteiger partial charge is 0.318 e. The molecule has 0 saturated carbocycles. The number of urea groups is 2.